The van der Waals surface area contributed by atoms with E-state index in [9.17, 15) is 9.59 Å². The van der Waals surface area contributed by atoms with Crippen LogP contribution >= 0.6 is 0 Å². The maximum atomic E-state index is 12.4. The molecule has 0 N–H and O–H groups in total. The van der Waals surface area contributed by atoms with Crippen LogP contribution in [0.25, 0.3) is 22.1 Å². The van der Waals surface area contributed by atoms with Gasteiger partial charge in [0, 0.05) is 11.5 Å². The van der Waals surface area contributed by atoms with E-state index in [4.69, 9.17) is 18.6 Å². The lowest BCUT2D eigenvalue weighted by molar-refractivity contribution is -0.149. The van der Waals surface area contributed by atoms with E-state index in [1.165, 1.54) is 0 Å². The lowest BCUT2D eigenvalue weighted by Gasteiger charge is -2.10. The van der Waals surface area contributed by atoms with Gasteiger partial charge in [-0.05, 0) is 49.7 Å². The second kappa shape index (κ2) is 7.95. The summed E-state index contributed by atoms with van der Waals surface area (Å²) >= 11 is 0. The van der Waals surface area contributed by atoms with Crippen LogP contribution in [0.15, 0.2) is 57.7 Å². The van der Waals surface area contributed by atoms with Crippen molar-refractivity contribution in [3.8, 4) is 22.6 Å². The minimum absolute atomic E-state index is 0.202. The van der Waals surface area contributed by atoms with Gasteiger partial charge in [0.05, 0.1) is 18.8 Å². The summed E-state index contributed by atoms with van der Waals surface area (Å²) < 4.78 is 21.0. The first kappa shape index (κ1) is 18.5. The molecular weight excluding hydrogens is 348 g/mol. The van der Waals surface area contributed by atoms with E-state index >= 15 is 0 Å². The number of benzene rings is 2. The molecule has 0 bridgehead atoms. The van der Waals surface area contributed by atoms with E-state index in [0.29, 0.717) is 22.6 Å². The average molecular weight is 368 g/mol. The molecule has 0 saturated carbocycles. The van der Waals surface area contributed by atoms with Crippen molar-refractivity contribution >= 4 is 16.9 Å². The van der Waals surface area contributed by atoms with Gasteiger partial charge in [0.2, 0.25) is 0 Å². The average Bonchev–Trinajstić information content (AvgIpc) is 2.65. The molecule has 0 aliphatic heterocycles. The number of methoxy groups -OCH3 is 1. The van der Waals surface area contributed by atoms with Gasteiger partial charge < -0.3 is 18.6 Å². The number of carbonyl (C=O) groups is 1. The summed E-state index contributed by atoms with van der Waals surface area (Å²) in [5, 5.41) is 0.748. The molecule has 0 aliphatic carbocycles. The second-order valence-electron chi connectivity index (χ2n) is 6.20. The second-order valence-corrected chi connectivity index (χ2v) is 6.20. The highest BCUT2D eigenvalue weighted by Gasteiger charge is 2.11. The molecular formula is C21H20O6. The van der Waals surface area contributed by atoms with Gasteiger partial charge in [-0.3, -0.25) is 0 Å². The SMILES string of the molecule is COc1ccc(-c2cc3ccc(OCC(=O)OC(C)C)cc3oc2=O)cc1. The van der Waals surface area contributed by atoms with Crippen molar-refractivity contribution in [1.82, 2.24) is 0 Å². The first-order chi connectivity index (χ1) is 13.0. The first-order valence-corrected chi connectivity index (χ1v) is 8.51. The smallest absolute Gasteiger partial charge is 0.344 e. The van der Waals surface area contributed by atoms with Crippen LogP contribution in [-0.2, 0) is 9.53 Å². The molecule has 6 heteroatoms. The Morgan fingerprint density at radius 3 is 2.41 bits per heavy atom. The molecule has 0 unspecified atom stereocenters. The van der Waals surface area contributed by atoms with Crippen molar-refractivity contribution in [1.29, 1.82) is 0 Å². The topological polar surface area (TPSA) is 75.0 Å². The summed E-state index contributed by atoms with van der Waals surface area (Å²) in [6.45, 7) is 3.32. The van der Waals surface area contributed by atoms with E-state index in [1.807, 2.05) is 0 Å². The van der Waals surface area contributed by atoms with Crippen LogP contribution in [0.2, 0.25) is 0 Å². The van der Waals surface area contributed by atoms with Crippen LogP contribution in [0.3, 0.4) is 0 Å². The minimum Gasteiger partial charge on any atom is -0.497 e. The fourth-order valence-electron chi connectivity index (χ4n) is 2.59. The van der Waals surface area contributed by atoms with E-state index in [2.05, 4.69) is 0 Å². The molecule has 0 radical (unpaired) electrons. The van der Waals surface area contributed by atoms with E-state index in [1.54, 1.807) is 69.5 Å². The highest BCUT2D eigenvalue weighted by molar-refractivity contribution is 5.83. The fraction of sp³-hybridized carbons (Fsp3) is 0.238. The van der Waals surface area contributed by atoms with Gasteiger partial charge in [0.1, 0.15) is 17.1 Å². The summed E-state index contributed by atoms with van der Waals surface area (Å²) in [6.07, 6.45) is -0.202. The van der Waals surface area contributed by atoms with Crippen molar-refractivity contribution < 1.29 is 23.4 Å². The van der Waals surface area contributed by atoms with Crippen molar-refractivity contribution in [3.05, 3.63) is 59.0 Å². The van der Waals surface area contributed by atoms with Crippen LogP contribution in [-0.4, -0.2) is 25.8 Å². The van der Waals surface area contributed by atoms with Crippen LogP contribution in [0.5, 0.6) is 11.5 Å². The third kappa shape index (κ3) is 4.47. The zero-order chi connectivity index (χ0) is 19.4. The predicted octanol–water partition coefficient (Wildman–Crippen LogP) is 3.80. The van der Waals surface area contributed by atoms with Gasteiger partial charge in [-0.1, -0.05) is 12.1 Å². The minimum atomic E-state index is -0.457. The summed E-state index contributed by atoms with van der Waals surface area (Å²) in [5.74, 6) is 0.673. The highest BCUT2D eigenvalue weighted by Crippen LogP contribution is 2.25. The summed E-state index contributed by atoms with van der Waals surface area (Å²) in [6, 6.07) is 14.0. The van der Waals surface area contributed by atoms with Gasteiger partial charge in [0.15, 0.2) is 6.61 Å². The van der Waals surface area contributed by atoms with Gasteiger partial charge >= 0.3 is 11.6 Å². The third-order valence-electron chi connectivity index (χ3n) is 3.83. The Morgan fingerprint density at radius 2 is 1.74 bits per heavy atom. The van der Waals surface area contributed by atoms with Crippen LogP contribution in [0, 0.1) is 0 Å². The molecule has 0 spiro atoms. The molecule has 3 rings (SSSR count). The number of hydrogen-bond acceptors (Lipinski definition) is 6. The zero-order valence-corrected chi connectivity index (χ0v) is 15.4. The van der Waals surface area contributed by atoms with Crippen LogP contribution < -0.4 is 15.1 Å². The molecule has 6 nitrogen and oxygen atoms in total. The van der Waals surface area contributed by atoms with E-state index < -0.39 is 11.6 Å². The zero-order valence-electron chi connectivity index (χ0n) is 15.4. The van der Waals surface area contributed by atoms with E-state index in [-0.39, 0.29) is 12.7 Å². The molecule has 1 heterocycles. The van der Waals surface area contributed by atoms with Crippen molar-refractivity contribution in [2.24, 2.45) is 0 Å². The molecule has 27 heavy (non-hydrogen) atoms. The van der Waals surface area contributed by atoms with Crippen molar-refractivity contribution in [3.63, 3.8) is 0 Å². The third-order valence-corrected chi connectivity index (χ3v) is 3.83. The quantitative estimate of drug-likeness (QED) is 0.487. The summed E-state index contributed by atoms with van der Waals surface area (Å²) in [4.78, 5) is 23.9. The maximum Gasteiger partial charge on any atom is 0.344 e. The molecule has 2 aromatic carbocycles. The number of fused-ring (bicyclic) bond motifs is 1. The number of carbonyl (C=O) groups excluding carboxylic acids is 1. The Morgan fingerprint density at radius 1 is 1.04 bits per heavy atom. The molecule has 0 aliphatic rings. The lowest BCUT2D eigenvalue weighted by atomic mass is 10.1. The first-order valence-electron chi connectivity index (χ1n) is 8.51. The maximum absolute atomic E-state index is 12.4. The standard InChI is InChI=1S/C21H20O6/c1-13(2)26-20(22)12-25-17-9-6-15-10-18(21(23)27-19(15)11-17)14-4-7-16(24-3)8-5-14/h4-11,13H,12H2,1-3H3. The number of esters is 1. The normalized spacial score (nSPS) is 10.8. The van der Waals surface area contributed by atoms with Crippen LogP contribution in [0.1, 0.15) is 13.8 Å². The number of hydrogen-bond donors (Lipinski definition) is 0. The monoisotopic (exact) mass is 368 g/mol. The molecule has 0 fully saturated rings. The summed E-state index contributed by atoms with van der Waals surface area (Å²) in [7, 11) is 1.58. The molecule has 0 amide bonds. The largest absolute Gasteiger partial charge is 0.497 e. The Hall–Kier alpha value is -3.28. The summed E-state index contributed by atoms with van der Waals surface area (Å²) in [5.41, 5.74) is 1.12. The Labute approximate surface area is 156 Å². The predicted molar refractivity (Wildman–Crippen MR) is 101 cm³/mol. The van der Waals surface area contributed by atoms with Gasteiger partial charge in [-0.2, -0.15) is 0 Å². The van der Waals surface area contributed by atoms with Crippen molar-refractivity contribution in [2.75, 3.05) is 13.7 Å². The van der Waals surface area contributed by atoms with Gasteiger partial charge in [-0.15, -0.1) is 0 Å². The molecule has 3 aromatic rings. The number of ether oxygens (including phenoxy) is 3. The Balaban J connectivity index is 1.84. The molecule has 140 valence electrons. The molecule has 0 atom stereocenters. The molecule has 0 saturated heterocycles. The van der Waals surface area contributed by atoms with E-state index in [0.717, 1.165) is 10.9 Å². The fourth-order valence-corrected chi connectivity index (χ4v) is 2.59. The van der Waals surface area contributed by atoms with Gasteiger partial charge in [0.25, 0.3) is 0 Å². The Kier molecular flexibility index (Phi) is 5.45. The highest BCUT2D eigenvalue weighted by atomic mass is 16.6. The lowest BCUT2D eigenvalue weighted by Crippen LogP contribution is -2.18. The molecule has 1 aromatic heterocycles. The van der Waals surface area contributed by atoms with Crippen LogP contribution in [0.4, 0.5) is 0 Å². The Bertz CT molecular complexity index is 1000. The van der Waals surface area contributed by atoms with Gasteiger partial charge in [-0.25, -0.2) is 9.59 Å². The number of rotatable bonds is 6. The van der Waals surface area contributed by atoms with Crippen molar-refractivity contribution in [2.45, 2.75) is 20.0 Å².